The van der Waals surface area contributed by atoms with Crippen molar-refractivity contribution in [3.05, 3.63) is 58.3 Å². The van der Waals surface area contributed by atoms with Crippen molar-refractivity contribution in [2.24, 2.45) is 0 Å². The van der Waals surface area contributed by atoms with Gasteiger partial charge in [0.15, 0.2) is 0 Å². The Bertz CT molecular complexity index is 644. The molecular formula is C18H23N3O2S. The Balaban J connectivity index is 1.94. The van der Waals surface area contributed by atoms with Crippen LogP contribution in [0.3, 0.4) is 0 Å². The molecule has 0 bridgehead atoms. The van der Waals surface area contributed by atoms with E-state index >= 15 is 0 Å². The number of hydrogen-bond donors (Lipinski definition) is 3. The molecule has 0 fully saturated rings. The first-order valence-corrected chi connectivity index (χ1v) is 8.90. The van der Waals surface area contributed by atoms with Gasteiger partial charge in [-0.3, -0.25) is 15.4 Å². The molecule has 1 aromatic carbocycles. The molecule has 6 heteroatoms. The second-order valence-electron chi connectivity index (χ2n) is 5.57. The predicted molar refractivity (Wildman–Crippen MR) is 97.0 cm³/mol. The highest BCUT2D eigenvalue weighted by atomic mass is 32.1. The third-order valence-electron chi connectivity index (χ3n) is 3.67. The molecule has 0 aliphatic carbocycles. The van der Waals surface area contributed by atoms with Gasteiger partial charge in [-0.15, -0.1) is 11.3 Å². The fraction of sp³-hybridized carbons (Fsp3) is 0.333. The van der Waals surface area contributed by atoms with Gasteiger partial charge in [-0.25, -0.2) is 4.79 Å². The number of hydrogen-bond acceptors (Lipinski definition) is 4. The fourth-order valence-electron chi connectivity index (χ4n) is 2.21. The molecule has 1 aromatic heterocycles. The van der Waals surface area contributed by atoms with E-state index < -0.39 is 6.03 Å². The van der Waals surface area contributed by atoms with Gasteiger partial charge in [-0.1, -0.05) is 43.3 Å². The third-order valence-corrected chi connectivity index (χ3v) is 4.61. The van der Waals surface area contributed by atoms with Crippen LogP contribution < -0.4 is 16.0 Å². The molecule has 2 atom stereocenters. The number of amides is 3. The second-order valence-corrected chi connectivity index (χ2v) is 6.55. The Kier molecular flexibility index (Phi) is 6.96. The topological polar surface area (TPSA) is 70.2 Å². The quantitative estimate of drug-likeness (QED) is 0.722. The van der Waals surface area contributed by atoms with Gasteiger partial charge in [0.1, 0.15) is 0 Å². The number of thiophene rings is 1. The summed E-state index contributed by atoms with van der Waals surface area (Å²) in [5.41, 5.74) is 1.08. The van der Waals surface area contributed by atoms with Crippen LogP contribution in [0.5, 0.6) is 0 Å². The van der Waals surface area contributed by atoms with Crippen molar-refractivity contribution in [3.63, 3.8) is 0 Å². The summed E-state index contributed by atoms with van der Waals surface area (Å²) in [6, 6.07) is 13.5. The SMILES string of the molecule is CC[C@H](C)NC(=O)NC(=O)CN[C@H](c1ccccc1)c1cccs1. The monoisotopic (exact) mass is 345 g/mol. The average Bonchev–Trinajstić information content (AvgIpc) is 3.10. The number of benzene rings is 1. The number of carbonyl (C=O) groups excluding carboxylic acids is 2. The minimum Gasteiger partial charge on any atom is -0.335 e. The molecule has 0 aliphatic heterocycles. The molecule has 3 N–H and O–H groups in total. The van der Waals surface area contributed by atoms with E-state index in [0.29, 0.717) is 0 Å². The molecule has 0 radical (unpaired) electrons. The van der Waals surface area contributed by atoms with Crippen LogP contribution in [-0.4, -0.2) is 24.5 Å². The highest BCUT2D eigenvalue weighted by Gasteiger charge is 2.17. The fourth-order valence-corrected chi connectivity index (χ4v) is 3.04. The smallest absolute Gasteiger partial charge is 0.321 e. The van der Waals surface area contributed by atoms with Gasteiger partial charge in [0.25, 0.3) is 0 Å². The Morgan fingerprint density at radius 1 is 1.12 bits per heavy atom. The van der Waals surface area contributed by atoms with E-state index in [2.05, 4.69) is 16.0 Å². The standard InChI is InChI=1S/C18H23N3O2S/c1-3-13(2)20-18(23)21-16(22)12-19-17(15-10-7-11-24-15)14-8-5-4-6-9-14/h4-11,13,17,19H,3,12H2,1-2H3,(H2,20,21,22,23)/t13-,17+/m0/s1. The van der Waals surface area contributed by atoms with Crippen molar-refractivity contribution in [2.45, 2.75) is 32.4 Å². The molecule has 1 heterocycles. The van der Waals surface area contributed by atoms with Crippen LogP contribution >= 0.6 is 11.3 Å². The summed E-state index contributed by atoms with van der Waals surface area (Å²) in [6.45, 7) is 3.93. The molecular weight excluding hydrogens is 322 g/mol. The molecule has 0 saturated heterocycles. The summed E-state index contributed by atoms with van der Waals surface area (Å²) in [5.74, 6) is -0.353. The Morgan fingerprint density at radius 2 is 1.88 bits per heavy atom. The van der Waals surface area contributed by atoms with E-state index in [9.17, 15) is 9.59 Å². The van der Waals surface area contributed by atoms with Gasteiger partial charge in [-0.2, -0.15) is 0 Å². The van der Waals surface area contributed by atoms with Crippen LogP contribution in [0.1, 0.15) is 36.8 Å². The summed E-state index contributed by atoms with van der Waals surface area (Å²) in [6.07, 6.45) is 0.814. The van der Waals surface area contributed by atoms with E-state index in [4.69, 9.17) is 0 Å². The largest absolute Gasteiger partial charge is 0.335 e. The average molecular weight is 345 g/mol. The number of nitrogens with one attached hydrogen (secondary N) is 3. The zero-order chi connectivity index (χ0) is 17.4. The van der Waals surface area contributed by atoms with Crippen LogP contribution in [0.2, 0.25) is 0 Å². The molecule has 0 unspecified atom stereocenters. The van der Waals surface area contributed by atoms with Crippen molar-refractivity contribution >= 4 is 23.3 Å². The molecule has 0 saturated carbocycles. The molecule has 24 heavy (non-hydrogen) atoms. The Labute approximate surface area is 146 Å². The summed E-state index contributed by atoms with van der Waals surface area (Å²) >= 11 is 1.63. The van der Waals surface area contributed by atoms with Gasteiger partial charge in [0.05, 0.1) is 12.6 Å². The number of rotatable bonds is 7. The van der Waals surface area contributed by atoms with Crippen LogP contribution in [0, 0.1) is 0 Å². The second kappa shape index (κ2) is 9.20. The Morgan fingerprint density at radius 3 is 2.50 bits per heavy atom. The summed E-state index contributed by atoms with van der Waals surface area (Å²) in [7, 11) is 0. The van der Waals surface area contributed by atoms with E-state index in [-0.39, 0.29) is 24.5 Å². The van der Waals surface area contributed by atoms with Gasteiger partial charge >= 0.3 is 6.03 Å². The maximum atomic E-state index is 12.0. The van der Waals surface area contributed by atoms with E-state index in [1.807, 2.05) is 61.7 Å². The van der Waals surface area contributed by atoms with Crippen molar-refractivity contribution < 1.29 is 9.59 Å². The van der Waals surface area contributed by atoms with Gasteiger partial charge in [0, 0.05) is 10.9 Å². The van der Waals surface area contributed by atoms with Gasteiger partial charge in [-0.05, 0) is 30.4 Å². The predicted octanol–water partition coefficient (Wildman–Crippen LogP) is 3.05. The first-order valence-electron chi connectivity index (χ1n) is 8.02. The minimum absolute atomic E-state index is 0.0361. The lowest BCUT2D eigenvalue weighted by Crippen LogP contribution is -2.46. The maximum absolute atomic E-state index is 12.0. The van der Waals surface area contributed by atoms with E-state index in [1.165, 1.54) is 0 Å². The number of imide groups is 1. The number of urea groups is 1. The lowest BCUT2D eigenvalue weighted by Gasteiger charge is -2.18. The molecule has 0 spiro atoms. The molecule has 128 valence electrons. The summed E-state index contributed by atoms with van der Waals surface area (Å²) in [4.78, 5) is 24.8. The van der Waals surface area contributed by atoms with E-state index in [0.717, 1.165) is 16.9 Å². The maximum Gasteiger partial charge on any atom is 0.321 e. The van der Waals surface area contributed by atoms with E-state index in [1.54, 1.807) is 11.3 Å². The van der Waals surface area contributed by atoms with Crippen molar-refractivity contribution in [2.75, 3.05) is 6.54 Å². The van der Waals surface area contributed by atoms with Crippen molar-refractivity contribution in [1.29, 1.82) is 0 Å². The highest BCUT2D eigenvalue weighted by Crippen LogP contribution is 2.25. The summed E-state index contributed by atoms with van der Waals surface area (Å²) < 4.78 is 0. The van der Waals surface area contributed by atoms with Crippen LogP contribution in [0.4, 0.5) is 4.79 Å². The first kappa shape index (κ1) is 18.2. The summed E-state index contributed by atoms with van der Waals surface area (Å²) in [5, 5.41) is 10.3. The minimum atomic E-state index is -0.455. The number of carbonyl (C=O) groups is 2. The van der Waals surface area contributed by atoms with Gasteiger partial charge in [0.2, 0.25) is 5.91 Å². The molecule has 2 rings (SSSR count). The lowest BCUT2D eigenvalue weighted by molar-refractivity contribution is -0.119. The molecule has 2 aromatic rings. The van der Waals surface area contributed by atoms with Crippen molar-refractivity contribution in [3.8, 4) is 0 Å². The zero-order valence-corrected chi connectivity index (χ0v) is 14.7. The normalized spacial score (nSPS) is 13.1. The molecule has 0 aliphatic rings. The van der Waals surface area contributed by atoms with Gasteiger partial charge < -0.3 is 5.32 Å². The van der Waals surface area contributed by atoms with Crippen LogP contribution in [0.15, 0.2) is 47.8 Å². The molecule has 3 amide bonds. The van der Waals surface area contributed by atoms with Crippen molar-refractivity contribution in [1.82, 2.24) is 16.0 Å². The zero-order valence-electron chi connectivity index (χ0n) is 13.9. The lowest BCUT2D eigenvalue weighted by atomic mass is 10.1. The van der Waals surface area contributed by atoms with Crippen LogP contribution in [0.25, 0.3) is 0 Å². The van der Waals surface area contributed by atoms with Crippen LogP contribution in [-0.2, 0) is 4.79 Å². The molecule has 5 nitrogen and oxygen atoms in total. The Hall–Kier alpha value is -2.18. The first-order chi connectivity index (χ1) is 11.6. The third kappa shape index (κ3) is 5.47. The highest BCUT2D eigenvalue weighted by molar-refractivity contribution is 7.10.